The molecule has 0 N–H and O–H groups in total. The molecule has 0 fully saturated rings. The van der Waals surface area contributed by atoms with Gasteiger partial charge in [0.1, 0.15) is 5.39 Å². The molecule has 3 heterocycles. The molecule has 0 bridgehead atoms. The van der Waals surface area contributed by atoms with Crippen LogP contribution < -0.4 is 10.5 Å². The van der Waals surface area contributed by atoms with Crippen LogP contribution in [0.15, 0.2) is 64.7 Å². The molecule has 0 saturated carbocycles. The van der Waals surface area contributed by atoms with Gasteiger partial charge in [-0.15, -0.1) is 0 Å². The van der Waals surface area contributed by atoms with E-state index in [1.54, 1.807) is 20.3 Å². The molecule has 0 aliphatic carbocycles. The third-order valence-corrected chi connectivity index (χ3v) is 7.18. The number of carbonyl (C=O) groups is 1. The molecule has 1 aliphatic heterocycles. The quantitative estimate of drug-likeness (QED) is 0.416. The van der Waals surface area contributed by atoms with Gasteiger partial charge in [0.05, 0.1) is 17.9 Å². The fourth-order valence-corrected chi connectivity index (χ4v) is 5.45. The summed E-state index contributed by atoms with van der Waals surface area (Å²) < 4.78 is 3.38. The Balaban J connectivity index is 1.48. The van der Waals surface area contributed by atoms with Crippen molar-refractivity contribution in [3.8, 4) is 5.69 Å². The number of aryl methyl sites for hydroxylation is 2. The number of hydrogen-bond donors (Lipinski definition) is 0. The highest BCUT2D eigenvalue weighted by molar-refractivity contribution is 7.99. The lowest BCUT2D eigenvalue weighted by molar-refractivity contribution is -0.119. The van der Waals surface area contributed by atoms with Crippen LogP contribution in [0.25, 0.3) is 16.7 Å². The smallest absolute Gasteiger partial charge is 0.265 e. The summed E-state index contributed by atoms with van der Waals surface area (Å²) >= 11 is 1.51. The number of amides is 1. The van der Waals surface area contributed by atoms with Crippen molar-refractivity contribution in [2.45, 2.75) is 38.4 Å². The zero-order valence-electron chi connectivity index (χ0n) is 18.9. The van der Waals surface area contributed by atoms with Crippen LogP contribution in [-0.2, 0) is 4.79 Å². The van der Waals surface area contributed by atoms with E-state index < -0.39 is 0 Å². The maximum atomic E-state index is 13.4. The monoisotopic (exact) mass is 459 g/mol. The summed E-state index contributed by atoms with van der Waals surface area (Å²) in [5.41, 5.74) is 4.38. The largest absolute Gasteiger partial charge is 0.312 e. The standard InChI is InChI=1S/C25H25N5O2S/c1-4-28(21-8-6-5-7-17(21)3)22(31)13-19-15-33-25-27-23-20(24(32)29(19)25)14-26-30(23)18-11-9-16(2)10-12-18/h5-12,14,19H,4,13,15H2,1-3H3. The minimum atomic E-state index is -0.234. The zero-order valence-corrected chi connectivity index (χ0v) is 19.7. The van der Waals surface area contributed by atoms with Crippen LogP contribution in [0, 0.1) is 13.8 Å². The topological polar surface area (TPSA) is 73.0 Å². The van der Waals surface area contributed by atoms with E-state index in [1.165, 1.54) is 11.8 Å². The van der Waals surface area contributed by atoms with Gasteiger partial charge in [-0.05, 0) is 44.5 Å². The van der Waals surface area contributed by atoms with E-state index in [-0.39, 0.29) is 23.9 Å². The lowest BCUT2D eigenvalue weighted by Crippen LogP contribution is -2.35. The first-order valence-electron chi connectivity index (χ1n) is 11.0. The summed E-state index contributed by atoms with van der Waals surface area (Å²) in [5, 5.41) is 5.53. The Morgan fingerprint density at radius 1 is 1.15 bits per heavy atom. The number of aromatic nitrogens is 4. The minimum Gasteiger partial charge on any atom is -0.312 e. The second-order valence-corrected chi connectivity index (χ2v) is 9.28. The van der Waals surface area contributed by atoms with E-state index in [0.717, 1.165) is 22.5 Å². The summed E-state index contributed by atoms with van der Waals surface area (Å²) in [6.45, 7) is 6.58. The molecule has 0 radical (unpaired) electrons. The highest BCUT2D eigenvalue weighted by Gasteiger charge is 2.31. The molecule has 7 nitrogen and oxygen atoms in total. The second kappa shape index (κ2) is 8.51. The average Bonchev–Trinajstić information content (AvgIpc) is 3.41. The zero-order chi connectivity index (χ0) is 23.1. The Morgan fingerprint density at radius 3 is 2.64 bits per heavy atom. The first kappa shape index (κ1) is 21.5. The van der Waals surface area contributed by atoms with E-state index >= 15 is 0 Å². The van der Waals surface area contributed by atoms with Gasteiger partial charge in [-0.1, -0.05) is 47.7 Å². The Kier molecular flexibility index (Phi) is 5.54. The van der Waals surface area contributed by atoms with Crippen LogP contribution >= 0.6 is 11.8 Å². The van der Waals surface area contributed by atoms with Gasteiger partial charge in [-0.2, -0.15) is 5.10 Å². The van der Waals surface area contributed by atoms with Crippen LogP contribution in [0.5, 0.6) is 0 Å². The molecule has 0 spiro atoms. The van der Waals surface area contributed by atoms with Gasteiger partial charge in [-0.25, -0.2) is 9.67 Å². The van der Waals surface area contributed by atoms with Crippen LogP contribution in [0.4, 0.5) is 5.69 Å². The maximum Gasteiger partial charge on any atom is 0.265 e. The van der Waals surface area contributed by atoms with Crippen molar-refractivity contribution in [3.63, 3.8) is 0 Å². The number of thioether (sulfide) groups is 1. The normalized spacial score (nSPS) is 15.1. The molecule has 1 atom stereocenters. The third kappa shape index (κ3) is 3.74. The predicted molar refractivity (Wildman–Crippen MR) is 131 cm³/mol. The lowest BCUT2D eigenvalue weighted by atomic mass is 10.1. The Morgan fingerprint density at radius 2 is 1.91 bits per heavy atom. The van der Waals surface area contributed by atoms with E-state index in [2.05, 4.69) is 5.10 Å². The van der Waals surface area contributed by atoms with Gasteiger partial charge in [0.25, 0.3) is 5.56 Å². The van der Waals surface area contributed by atoms with Gasteiger partial charge in [0, 0.05) is 24.4 Å². The van der Waals surface area contributed by atoms with Crippen molar-refractivity contribution in [1.82, 2.24) is 19.3 Å². The first-order valence-corrected chi connectivity index (χ1v) is 12.0. The number of para-hydroxylation sites is 1. The maximum absolute atomic E-state index is 13.4. The van der Waals surface area contributed by atoms with Crippen molar-refractivity contribution >= 4 is 34.4 Å². The Hall–Kier alpha value is -3.39. The Labute approximate surface area is 196 Å². The second-order valence-electron chi connectivity index (χ2n) is 8.29. The molecule has 5 rings (SSSR count). The van der Waals surface area contributed by atoms with E-state index in [1.807, 2.05) is 69.3 Å². The molecule has 1 amide bonds. The summed E-state index contributed by atoms with van der Waals surface area (Å²) in [6, 6.07) is 15.6. The number of nitrogens with zero attached hydrogens (tertiary/aromatic N) is 5. The molecule has 168 valence electrons. The van der Waals surface area contributed by atoms with Gasteiger partial charge < -0.3 is 4.90 Å². The van der Waals surface area contributed by atoms with Crippen molar-refractivity contribution in [3.05, 3.63) is 76.2 Å². The van der Waals surface area contributed by atoms with E-state index in [4.69, 9.17) is 4.98 Å². The Bertz CT molecular complexity index is 1410. The highest BCUT2D eigenvalue weighted by Crippen LogP contribution is 2.34. The average molecular weight is 460 g/mol. The molecular formula is C25H25N5O2S. The van der Waals surface area contributed by atoms with Crippen molar-refractivity contribution in [1.29, 1.82) is 0 Å². The summed E-state index contributed by atoms with van der Waals surface area (Å²) in [7, 11) is 0. The fourth-order valence-electron chi connectivity index (χ4n) is 4.31. The number of rotatable bonds is 5. The van der Waals surface area contributed by atoms with Gasteiger partial charge >= 0.3 is 0 Å². The van der Waals surface area contributed by atoms with E-state index in [0.29, 0.717) is 28.5 Å². The molecular weight excluding hydrogens is 434 g/mol. The SMILES string of the molecule is CCN(C(=O)CC1CSc2nc3c(cnn3-c3ccc(C)cc3)c(=O)n21)c1ccccc1C. The molecule has 33 heavy (non-hydrogen) atoms. The predicted octanol–water partition coefficient (Wildman–Crippen LogP) is 4.29. The fraction of sp³-hybridized carbons (Fsp3) is 0.280. The molecule has 1 aliphatic rings. The number of carbonyl (C=O) groups excluding carboxylic acids is 1. The van der Waals surface area contributed by atoms with Crippen LogP contribution in [0.3, 0.4) is 0 Å². The number of benzene rings is 2. The molecule has 2 aromatic carbocycles. The molecule has 2 aromatic heterocycles. The molecule has 8 heteroatoms. The third-order valence-electron chi connectivity index (χ3n) is 6.08. The van der Waals surface area contributed by atoms with Gasteiger partial charge in [0.2, 0.25) is 5.91 Å². The van der Waals surface area contributed by atoms with Crippen LogP contribution in [0.2, 0.25) is 0 Å². The summed E-state index contributed by atoms with van der Waals surface area (Å²) in [5.74, 6) is 0.650. The summed E-state index contributed by atoms with van der Waals surface area (Å²) in [4.78, 5) is 33.2. The minimum absolute atomic E-state index is 0.00703. The van der Waals surface area contributed by atoms with Crippen LogP contribution in [-0.4, -0.2) is 37.5 Å². The molecule has 1 unspecified atom stereocenters. The van der Waals surface area contributed by atoms with Crippen molar-refractivity contribution in [2.75, 3.05) is 17.2 Å². The number of anilines is 1. The summed E-state index contributed by atoms with van der Waals surface area (Å²) in [6.07, 6.45) is 1.83. The van der Waals surface area contributed by atoms with Crippen molar-refractivity contribution in [2.24, 2.45) is 0 Å². The van der Waals surface area contributed by atoms with Gasteiger partial charge in [0.15, 0.2) is 10.8 Å². The van der Waals surface area contributed by atoms with Crippen molar-refractivity contribution < 1.29 is 4.79 Å². The van der Waals surface area contributed by atoms with Crippen LogP contribution in [0.1, 0.15) is 30.5 Å². The highest BCUT2D eigenvalue weighted by atomic mass is 32.2. The number of hydrogen-bond acceptors (Lipinski definition) is 5. The first-order chi connectivity index (χ1) is 16.0. The lowest BCUT2D eigenvalue weighted by Gasteiger charge is -2.24. The van der Waals surface area contributed by atoms with Gasteiger partial charge in [-0.3, -0.25) is 14.2 Å². The molecule has 4 aromatic rings. The molecule has 0 saturated heterocycles. The van der Waals surface area contributed by atoms with E-state index in [9.17, 15) is 9.59 Å². The number of fused-ring (bicyclic) bond motifs is 2.